The standard InChI is InChI=1S/C17H16N2O2S/c1-10-4-5-11(2)14(8-10)18-17-19-16(20)15(22-17)9-13-7-6-12(3)21-13/h4-9H,1-3H3,(H,18,19,20)/b15-9-. The van der Waals surface area contributed by atoms with Crippen LogP contribution in [0.25, 0.3) is 6.08 Å². The fourth-order valence-corrected chi connectivity index (χ4v) is 2.90. The molecule has 0 radical (unpaired) electrons. The summed E-state index contributed by atoms with van der Waals surface area (Å²) in [4.78, 5) is 17.1. The molecule has 1 aromatic carbocycles. The van der Waals surface area contributed by atoms with Crippen LogP contribution in [-0.4, -0.2) is 11.1 Å². The van der Waals surface area contributed by atoms with Crippen LogP contribution in [0.1, 0.15) is 22.6 Å². The predicted octanol–water partition coefficient (Wildman–Crippen LogP) is 4.10. The number of benzene rings is 1. The van der Waals surface area contributed by atoms with E-state index in [9.17, 15) is 4.79 Å². The number of nitrogens with one attached hydrogen (secondary N) is 1. The smallest absolute Gasteiger partial charge is 0.264 e. The van der Waals surface area contributed by atoms with E-state index in [0.29, 0.717) is 15.8 Å². The number of aliphatic imine (C=N–C) groups is 1. The summed E-state index contributed by atoms with van der Waals surface area (Å²) in [7, 11) is 0. The number of amidine groups is 1. The average Bonchev–Trinajstić information content (AvgIpc) is 3.01. The molecule has 1 aliphatic rings. The minimum absolute atomic E-state index is 0.150. The number of hydrogen-bond acceptors (Lipinski definition) is 4. The van der Waals surface area contributed by atoms with Gasteiger partial charge in [-0.25, -0.2) is 4.99 Å². The van der Waals surface area contributed by atoms with Crippen LogP contribution in [0.15, 0.2) is 44.6 Å². The number of rotatable bonds is 2. The van der Waals surface area contributed by atoms with Crippen LogP contribution in [0.3, 0.4) is 0 Å². The lowest BCUT2D eigenvalue weighted by Crippen LogP contribution is -2.19. The van der Waals surface area contributed by atoms with Crippen molar-refractivity contribution in [2.45, 2.75) is 20.8 Å². The zero-order valence-corrected chi connectivity index (χ0v) is 13.5. The second-order valence-corrected chi connectivity index (χ2v) is 6.25. The van der Waals surface area contributed by atoms with E-state index in [4.69, 9.17) is 4.42 Å². The molecule has 0 saturated carbocycles. The Morgan fingerprint density at radius 3 is 2.73 bits per heavy atom. The first-order valence-corrected chi connectivity index (χ1v) is 7.76. The highest BCUT2D eigenvalue weighted by atomic mass is 32.2. The number of aryl methyl sites for hydroxylation is 3. The number of carbonyl (C=O) groups excluding carboxylic acids is 1. The molecule has 0 spiro atoms. The van der Waals surface area contributed by atoms with Gasteiger partial charge in [0.2, 0.25) is 0 Å². The lowest BCUT2D eigenvalue weighted by atomic mass is 10.1. The Labute approximate surface area is 133 Å². The Morgan fingerprint density at radius 1 is 1.18 bits per heavy atom. The van der Waals surface area contributed by atoms with E-state index in [1.54, 1.807) is 6.08 Å². The quantitative estimate of drug-likeness (QED) is 0.850. The number of carbonyl (C=O) groups is 1. The number of furan rings is 1. The number of hydrogen-bond donors (Lipinski definition) is 1. The highest BCUT2D eigenvalue weighted by Crippen LogP contribution is 2.29. The van der Waals surface area contributed by atoms with Gasteiger partial charge in [-0.05, 0) is 61.9 Å². The SMILES string of the molecule is Cc1ccc(C)c(N=C2NC(=O)/C(=C/c3ccc(C)o3)S2)c1. The summed E-state index contributed by atoms with van der Waals surface area (Å²) in [6.45, 7) is 5.90. The molecule has 1 aromatic heterocycles. The molecular formula is C17H16N2O2S. The van der Waals surface area contributed by atoms with E-state index < -0.39 is 0 Å². The van der Waals surface area contributed by atoms with Gasteiger partial charge >= 0.3 is 0 Å². The van der Waals surface area contributed by atoms with Gasteiger partial charge in [0.15, 0.2) is 5.17 Å². The highest BCUT2D eigenvalue weighted by molar-refractivity contribution is 8.18. The largest absolute Gasteiger partial charge is 0.462 e. The maximum atomic E-state index is 12.0. The summed E-state index contributed by atoms with van der Waals surface area (Å²) in [6, 6.07) is 9.79. The van der Waals surface area contributed by atoms with Gasteiger partial charge in [-0.15, -0.1) is 0 Å². The highest BCUT2D eigenvalue weighted by Gasteiger charge is 2.24. The van der Waals surface area contributed by atoms with Crippen molar-refractivity contribution in [3.05, 3.63) is 57.9 Å². The molecule has 112 valence electrons. The predicted molar refractivity (Wildman–Crippen MR) is 90.2 cm³/mol. The Morgan fingerprint density at radius 2 is 2.00 bits per heavy atom. The van der Waals surface area contributed by atoms with Crippen LogP contribution in [-0.2, 0) is 4.79 Å². The van der Waals surface area contributed by atoms with Crippen LogP contribution < -0.4 is 5.32 Å². The van der Waals surface area contributed by atoms with Gasteiger partial charge in [0, 0.05) is 6.08 Å². The molecule has 1 saturated heterocycles. The topological polar surface area (TPSA) is 54.6 Å². The van der Waals surface area contributed by atoms with E-state index in [0.717, 1.165) is 22.6 Å². The molecule has 2 heterocycles. The van der Waals surface area contributed by atoms with Crippen LogP contribution in [0.2, 0.25) is 0 Å². The van der Waals surface area contributed by atoms with E-state index in [1.165, 1.54) is 11.8 Å². The Balaban J connectivity index is 1.86. The fourth-order valence-electron chi connectivity index (χ4n) is 2.09. The first-order chi connectivity index (χ1) is 10.5. The molecular weight excluding hydrogens is 296 g/mol. The first-order valence-electron chi connectivity index (χ1n) is 6.94. The minimum Gasteiger partial charge on any atom is -0.462 e. The fraction of sp³-hybridized carbons (Fsp3) is 0.176. The molecule has 1 amide bonds. The monoisotopic (exact) mass is 312 g/mol. The summed E-state index contributed by atoms with van der Waals surface area (Å²) in [5.74, 6) is 1.34. The van der Waals surface area contributed by atoms with Crippen molar-refractivity contribution in [2.24, 2.45) is 4.99 Å². The summed E-state index contributed by atoms with van der Waals surface area (Å²) in [6.07, 6.45) is 1.73. The van der Waals surface area contributed by atoms with Crippen molar-refractivity contribution in [3.63, 3.8) is 0 Å². The lowest BCUT2D eigenvalue weighted by molar-refractivity contribution is -0.115. The molecule has 4 nitrogen and oxygen atoms in total. The van der Waals surface area contributed by atoms with E-state index >= 15 is 0 Å². The Hall–Kier alpha value is -2.27. The van der Waals surface area contributed by atoms with Crippen LogP contribution in [0.5, 0.6) is 0 Å². The second-order valence-electron chi connectivity index (χ2n) is 5.22. The van der Waals surface area contributed by atoms with Crippen molar-refractivity contribution >= 4 is 34.6 Å². The molecule has 0 atom stereocenters. The summed E-state index contributed by atoms with van der Waals surface area (Å²) in [5, 5.41) is 3.38. The van der Waals surface area contributed by atoms with Crippen molar-refractivity contribution in [1.82, 2.24) is 5.32 Å². The number of thioether (sulfide) groups is 1. The van der Waals surface area contributed by atoms with E-state index in [1.807, 2.05) is 51.1 Å². The molecule has 2 aromatic rings. The van der Waals surface area contributed by atoms with E-state index in [-0.39, 0.29) is 5.91 Å². The van der Waals surface area contributed by atoms with Gasteiger partial charge < -0.3 is 9.73 Å². The van der Waals surface area contributed by atoms with Crippen molar-refractivity contribution in [2.75, 3.05) is 0 Å². The summed E-state index contributed by atoms with van der Waals surface area (Å²) in [5.41, 5.74) is 3.09. The summed E-state index contributed by atoms with van der Waals surface area (Å²) >= 11 is 1.32. The number of amides is 1. The van der Waals surface area contributed by atoms with Crippen LogP contribution in [0.4, 0.5) is 5.69 Å². The molecule has 0 aliphatic carbocycles. The van der Waals surface area contributed by atoms with Crippen LogP contribution >= 0.6 is 11.8 Å². The maximum Gasteiger partial charge on any atom is 0.264 e. The normalized spacial score (nSPS) is 18.2. The van der Waals surface area contributed by atoms with Gasteiger partial charge in [0.05, 0.1) is 10.6 Å². The first kappa shape index (κ1) is 14.7. The van der Waals surface area contributed by atoms with E-state index in [2.05, 4.69) is 10.3 Å². The molecule has 5 heteroatoms. The minimum atomic E-state index is -0.150. The van der Waals surface area contributed by atoms with Crippen molar-refractivity contribution in [1.29, 1.82) is 0 Å². The van der Waals surface area contributed by atoms with Gasteiger partial charge in [-0.3, -0.25) is 4.79 Å². The van der Waals surface area contributed by atoms with Gasteiger partial charge in [0.25, 0.3) is 5.91 Å². The van der Waals surface area contributed by atoms with Crippen LogP contribution in [0, 0.1) is 20.8 Å². The van der Waals surface area contributed by atoms with Gasteiger partial charge in [-0.2, -0.15) is 0 Å². The number of nitrogens with zero attached hydrogens (tertiary/aromatic N) is 1. The zero-order chi connectivity index (χ0) is 15.7. The lowest BCUT2D eigenvalue weighted by Gasteiger charge is -2.02. The third-order valence-electron chi connectivity index (χ3n) is 3.27. The second kappa shape index (κ2) is 5.85. The zero-order valence-electron chi connectivity index (χ0n) is 12.6. The maximum absolute atomic E-state index is 12.0. The molecule has 0 bridgehead atoms. The average molecular weight is 312 g/mol. The van der Waals surface area contributed by atoms with Crippen molar-refractivity contribution in [3.8, 4) is 0 Å². The summed E-state index contributed by atoms with van der Waals surface area (Å²) < 4.78 is 5.47. The van der Waals surface area contributed by atoms with Crippen molar-refractivity contribution < 1.29 is 9.21 Å². The molecule has 1 fully saturated rings. The van der Waals surface area contributed by atoms with Gasteiger partial charge in [-0.1, -0.05) is 12.1 Å². The molecule has 1 N–H and O–H groups in total. The third kappa shape index (κ3) is 3.14. The van der Waals surface area contributed by atoms with Gasteiger partial charge in [0.1, 0.15) is 11.5 Å². The molecule has 0 unspecified atom stereocenters. The molecule has 3 rings (SSSR count). The molecule has 1 aliphatic heterocycles. The molecule has 22 heavy (non-hydrogen) atoms. The third-order valence-corrected chi connectivity index (χ3v) is 4.18. The Kier molecular flexibility index (Phi) is 3.90. The Bertz CT molecular complexity index is 803.